The maximum atomic E-state index is 4.80. The summed E-state index contributed by atoms with van der Waals surface area (Å²) in [6.07, 6.45) is 15.2. The molecule has 0 bridgehead atoms. The van der Waals surface area contributed by atoms with Gasteiger partial charge >= 0.3 is 0 Å². The molecule has 0 spiro atoms. The largest absolute Gasteiger partial charge is 0.356 e. The van der Waals surface area contributed by atoms with E-state index in [1.54, 1.807) is 0 Å². The number of piperidine rings is 1. The molecule has 0 radical (unpaired) electrons. The summed E-state index contributed by atoms with van der Waals surface area (Å²) in [6.45, 7) is 7.76. The molecule has 25 heavy (non-hydrogen) atoms. The summed E-state index contributed by atoms with van der Waals surface area (Å²) in [7, 11) is 0. The van der Waals surface area contributed by atoms with Gasteiger partial charge in [0.2, 0.25) is 5.95 Å². The smallest absolute Gasteiger partial charge is 0.224 e. The maximum Gasteiger partial charge on any atom is 0.224 e. The van der Waals surface area contributed by atoms with Crippen LogP contribution >= 0.6 is 0 Å². The zero-order valence-electron chi connectivity index (χ0n) is 15.7. The van der Waals surface area contributed by atoms with Gasteiger partial charge in [-0.25, -0.2) is 4.98 Å². The van der Waals surface area contributed by atoms with E-state index in [0.717, 1.165) is 44.4 Å². The van der Waals surface area contributed by atoms with E-state index in [1.165, 1.54) is 45.1 Å². The first-order valence-corrected chi connectivity index (χ1v) is 10.1. The summed E-state index contributed by atoms with van der Waals surface area (Å²) < 4.78 is 0. The minimum absolute atomic E-state index is 0.447. The van der Waals surface area contributed by atoms with Crippen LogP contribution < -0.4 is 10.2 Å². The van der Waals surface area contributed by atoms with Gasteiger partial charge in [0.15, 0.2) is 0 Å². The molecule has 2 aliphatic heterocycles. The molecule has 0 aromatic carbocycles. The second kappa shape index (κ2) is 9.76. The van der Waals surface area contributed by atoms with Crippen molar-refractivity contribution in [2.24, 2.45) is 0 Å². The number of aromatic nitrogens is 2. The molecule has 1 N–H and O–H groups in total. The minimum atomic E-state index is 0.447. The zero-order valence-corrected chi connectivity index (χ0v) is 15.7. The van der Waals surface area contributed by atoms with Crippen molar-refractivity contribution in [3.8, 4) is 0 Å². The van der Waals surface area contributed by atoms with Crippen molar-refractivity contribution in [3.63, 3.8) is 0 Å². The fraction of sp³-hybridized carbons (Fsp3) is 0.700. The first-order chi connectivity index (χ1) is 12.3. The van der Waals surface area contributed by atoms with E-state index in [0.29, 0.717) is 6.04 Å². The standard InChI is InChI=1S/C20H33N5/c1-2-3-6-13-24-14-9-10-18(17-24)22-20-21-12-11-19(23-20)25-15-7-4-5-8-16-25/h3,6,11-12,18H,2,4-5,7-10,13-17H2,1H3,(H,21,22,23)/b6-3+. The van der Waals surface area contributed by atoms with Crippen LogP contribution in [0.25, 0.3) is 0 Å². The highest BCUT2D eigenvalue weighted by atomic mass is 15.2. The Labute approximate surface area is 152 Å². The highest BCUT2D eigenvalue weighted by Crippen LogP contribution is 2.19. The molecule has 2 aliphatic rings. The molecule has 5 heteroatoms. The van der Waals surface area contributed by atoms with E-state index in [2.05, 4.69) is 45.2 Å². The van der Waals surface area contributed by atoms with Gasteiger partial charge in [0, 0.05) is 38.4 Å². The Balaban J connectivity index is 1.56. The summed E-state index contributed by atoms with van der Waals surface area (Å²) in [5.41, 5.74) is 0. The van der Waals surface area contributed by atoms with Crippen LogP contribution in [0.1, 0.15) is 51.9 Å². The normalized spacial score (nSPS) is 22.9. The third kappa shape index (κ3) is 5.70. The van der Waals surface area contributed by atoms with Crippen molar-refractivity contribution in [1.29, 1.82) is 0 Å². The third-order valence-electron chi connectivity index (χ3n) is 5.18. The maximum absolute atomic E-state index is 4.80. The number of nitrogens with one attached hydrogen (secondary N) is 1. The van der Waals surface area contributed by atoms with Gasteiger partial charge in [0.25, 0.3) is 0 Å². The summed E-state index contributed by atoms with van der Waals surface area (Å²) >= 11 is 0. The molecule has 3 heterocycles. The van der Waals surface area contributed by atoms with E-state index >= 15 is 0 Å². The van der Waals surface area contributed by atoms with Gasteiger partial charge < -0.3 is 10.2 Å². The van der Waals surface area contributed by atoms with Crippen molar-refractivity contribution in [2.75, 3.05) is 42.9 Å². The number of likely N-dealkylation sites (tertiary alicyclic amines) is 1. The van der Waals surface area contributed by atoms with E-state index in [1.807, 2.05) is 6.20 Å². The number of nitrogens with zero attached hydrogens (tertiary/aromatic N) is 4. The van der Waals surface area contributed by atoms with Crippen LogP contribution in [-0.2, 0) is 0 Å². The molecule has 1 atom stereocenters. The average Bonchev–Trinajstić information content (AvgIpc) is 2.92. The van der Waals surface area contributed by atoms with E-state index < -0.39 is 0 Å². The molecule has 2 fully saturated rings. The Hall–Kier alpha value is -1.62. The Morgan fingerprint density at radius 3 is 2.76 bits per heavy atom. The molecule has 5 nitrogen and oxygen atoms in total. The SMILES string of the molecule is CC/C=C/CN1CCCC(Nc2nccc(N3CCCCCC3)n2)C1. The van der Waals surface area contributed by atoms with Gasteiger partial charge in [-0.15, -0.1) is 0 Å². The van der Waals surface area contributed by atoms with Gasteiger partial charge in [-0.1, -0.05) is 31.9 Å². The molecule has 1 unspecified atom stereocenters. The Bertz CT molecular complexity index is 537. The number of anilines is 2. The molecule has 2 saturated heterocycles. The van der Waals surface area contributed by atoms with Gasteiger partial charge in [-0.3, -0.25) is 4.90 Å². The Morgan fingerprint density at radius 2 is 1.96 bits per heavy atom. The van der Waals surface area contributed by atoms with Crippen molar-refractivity contribution in [1.82, 2.24) is 14.9 Å². The topological polar surface area (TPSA) is 44.3 Å². The fourth-order valence-electron chi connectivity index (χ4n) is 3.81. The lowest BCUT2D eigenvalue weighted by Crippen LogP contribution is -2.42. The summed E-state index contributed by atoms with van der Waals surface area (Å²) in [5.74, 6) is 1.87. The minimum Gasteiger partial charge on any atom is -0.356 e. The van der Waals surface area contributed by atoms with Crippen LogP contribution in [0.15, 0.2) is 24.4 Å². The van der Waals surface area contributed by atoms with Crippen molar-refractivity contribution < 1.29 is 0 Å². The van der Waals surface area contributed by atoms with Crippen LogP contribution in [0.3, 0.4) is 0 Å². The number of allylic oxidation sites excluding steroid dienone is 1. The first-order valence-electron chi connectivity index (χ1n) is 10.1. The van der Waals surface area contributed by atoms with Crippen molar-refractivity contribution >= 4 is 11.8 Å². The highest BCUT2D eigenvalue weighted by molar-refractivity contribution is 5.43. The molecule has 1 aromatic rings. The predicted octanol–water partition coefficient (Wildman–Crippen LogP) is 3.70. The lowest BCUT2D eigenvalue weighted by Gasteiger charge is -2.32. The van der Waals surface area contributed by atoms with Gasteiger partial charge in [-0.2, -0.15) is 4.98 Å². The summed E-state index contributed by atoms with van der Waals surface area (Å²) in [5, 5.41) is 3.58. The molecule has 0 aliphatic carbocycles. The van der Waals surface area contributed by atoms with Gasteiger partial charge in [0.05, 0.1) is 0 Å². The lowest BCUT2D eigenvalue weighted by atomic mass is 10.1. The molecule has 3 rings (SSSR count). The molecule has 138 valence electrons. The van der Waals surface area contributed by atoms with Crippen LogP contribution in [0.4, 0.5) is 11.8 Å². The van der Waals surface area contributed by atoms with Crippen LogP contribution in [-0.4, -0.2) is 53.6 Å². The fourth-order valence-corrected chi connectivity index (χ4v) is 3.81. The number of hydrogen-bond donors (Lipinski definition) is 1. The first kappa shape index (κ1) is 18.2. The predicted molar refractivity (Wildman–Crippen MR) is 105 cm³/mol. The molecule has 1 aromatic heterocycles. The molecular formula is C20H33N5. The highest BCUT2D eigenvalue weighted by Gasteiger charge is 2.20. The van der Waals surface area contributed by atoms with E-state index in [4.69, 9.17) is 4.98 Å². The van der Waals surface area contributed by atoms with Gasteiger partial charge in [0.1, 0.15) is 5.82 Å². The molecule has 0 saturated carbocycles. The second-order valence-electron chi connectivity index (χ2n) is 7.26. The van der Waals surface area contributed by atoms with Crippen molar-refractivity contribution in [3.05, 3.63) is 24.4 Å². The Morgan fingerprint density at radius 1 is 1.12 bits per heavy atom. The Kier molecular flexibility index (Phi) is 7.10. The van der Waals surface area contributed by atoms with Crippen molar-refractivity contribution in [2.45, 2.75) is 57.9 Å². The third-order valence-corrected chi connectivity index (χ3v) is 5.18. The van der Waals surface area contributed by atoms with E-state index in [9.17, 15) is 0 Å². The molecule has 0 amide bonds. The monoisotopic (exact) mass is 343 g/mol. The second-order valence-corrected chi connectivity index (χ2v) is 7.26. The van der Waals surface area contributed by atoms with Gasteiger partial charge in [-0.05, 0) is 44.7 Å². The molecular weight excluding hydrogens is 310 g/mol. The average molecular weight is 344 g/mol. The lowest BCUT2D eigenvalue weighted by molar-refractivity contribution is 0.237. The van der Waals surface area contributed by atoms with Crippen LogP contribution in [0, 0.1) is 0 Å². The summed E-state index contributed by atoms with van der Waals surface area (Å²) in [6, 6.07) is 2.50. The zero-order chi connectivity index (χ0) is 17.3. The van der Waals surface area contributed by atoms with Crippen LogP contribution in [0.2, 0.25) is 0 Å². The van der Waals surface area contributed by atoms with E-state index in [-0.39, 0.29) is 0 Å². The van der Waals surface area contributed by atoms with Crippen LogP contribution in [0.5, 0.6) is 0 Å². The quantitative estimate of drug-likeness (QED) is 0.798. The summed E-state index contributed by atoms with van der Waals surface area (Å²) in [4.78, 5) is 14.2. The number of rotatable bonds is 6. The number of hydrogen-bond acceptors (Lipinski definition) is 5.